The molecule has 25 heavy (non-hydrogen) atoms. The summed E-state index contributed by atoms with van der Waals surface area (Å²) in [5.41, 5.74) is 3.53. The van der Waals surface area contributed by atoms with Gasteiger partial charge >= 0.3 is 0 Å². The van der Waals surface area contributed by atoms with Crippen molar-refractivity contribution in [3.63, 3.8) is 0 Å². The Bertz CT molecular complexity index is 904. The van der Waals surface area contributed by atoms with Crippen molar-refractivity contribution in [3.05, 3.63) is 101 Å². The van der Waals surface area contributed by atoms with E-state index in [2.05, 4.69) is 6.58 Å². The van der Waals surface area contributed by atoms with Crippen LogP contribution in [0.25, 0.3) is 17.2 Å². The molecular weight excluding hydrogens is 314 g/mol. The third-order valence-electron chi connectivity index (χ3n) is 3.91. The molecule has 0 aliphatic heterocycles. The highest BCUT2D eigenvalue weighted by Gasteiger charge is 2.13. The topological polar surface area (TPSA) is 52.4 Å². The van der Waals surface area contributed by atoms with Crippen molar-refractivity contribution < 1.29 is 9.66 Å². The third kappa shape index (κ3) is 3.75. The average Bonchev–Trinajstić information content (AvgIpc) is 2.67. The van der Waals surface area contributed by atoms with Gasteiger partial charge in [0.15, 0.2) is 0 Å². The molecule has 0 radical (unpaired) electrons. The van der Waals surface area contributed by atoms with E-state index in [1.165, 1.54) is 6.07 Å². The van der Waals surface area contributed by atoms with Crippen molar-refractivity contribution >= 4 is 11.8 Å². The van der Waals surface area contributed by atoms with E-state index in [-0.39, 0.29) is 12.3 Å². The number of benzene rings is 3. The van der Waals surface area contributed by atoms with E-state index in [9.17, 15) is 10.1 Å². The Kier molecular flexibility index (Phi) is 4.90. The lowest BCUT2D eigenvalue weighted by molar-refractivity contribution is -0.385. The van der Waals surface area contributed by atoms with Gasteiger partial charge in [-0.2, -0.15) is 0 Å². The summed E-state index contributed by atoms with van der Waals surface area (Å²) < 4.78 is 5.89. The summed E-state index contributed by atoms with van der Waals surface area (Å²) in [6.45, 7) is 3.93. The second-order valence-electron chi connectivity index (χ2n) is 5.50. The zero-order valence-corrected chi connectivity index (χ0v) is 13.6. The van der Waals surface area contributed by atoms with Crippen LogP contribution in [0.5, 0.6) is 5.75 Å². The van der Waals surface area contributed by atoms with Gasteiger partial charge in [-0.1, -0.05) is 67.3 Å². The molecule has 4 nitrogen and oxygen atoms in total. The van der Waals surface area contributed by atoms with E-state index in [0.717, 1.165) is 16.7 Å². The van der Waals surface area contributed by atoms with Crippen molar-refractivity contribution in [2.75, 3.05) is 0 Å². The van der Waals surface area contributed by atoms with Crippen molar-refractivity contribution in [3.8, 4) is 16.9 Å². The van der Waals surface area contributed by atoms with Crippen molar-refractivity contribution in [2.45, 2.75) is 6.61 Å². The van der Waals surface area contributed by atoms with E-state index >= 15 is 0 Å². The number of nitrogens with zero attached hydrogens (tertiary/aromatic N) is 1. The predicted octanol–water partition coefficient (Wildman–Crippen LogP) is 5.48. The quantitative estimate of drug-likeness (QED) is 0.444. The van der Waals surface area contributed by atoms with Crippen LogP contribution in [0.4, 0.5) is 5.69 Å². The molecule has 3 aromatic carbocycles. The lowest BCUT2D eigenvalue weighted by Crippen LogP contribution is -2.01. The van der Waals surface area contributed by atoms with Crippen molar-refractivity contribution in [1.82, 2.24) is 0 Å². The molecule has 0 N–H and O–H groups in total. The van der Waals surface area contributed by atoms with Gasteiger partial charge in [0.05, 0.1) is 10.5 Å². The maximum Gasteiger partial charge on any atom is 0.276 e. The predicted molar refractivity (Wildman–Crippen MR) is 99.4 cm³/mol. The highest BCUT2D eigenvalue weighted by atomic mass is 16.6. The lowest BCUT2D eigenvalue weighted by atomic mass is 10.0. The summed E-state index contributed by atoms with van der Waals surface area (Å²) in [6, 6.07) is 22.4. The molecule has 0 aliphatic carbocycles. The van der Waals surface area contributed by atoms with Gasteiger partial charge in [-0.3, -0.25) is 10.1 Å². The van der Waals surface area contributed by atoms with Crippen LogP contribution in [0, 0.1) is 10.1 Å². The molecule has 124 valence electrons. The molecule has 0 atom stereocenters. The summed E-state index contributed by atoms with van der Waals surface area (Å²) in [4.78, 5) is 10.7. The molecule has 0 bridgehead atoms. The van der Waals surface area contributed by atoms with Crippen LogP contribution in [0.2, 0.25) is 0 Å². The molecule has 4 heteroatoms. The van der Waals surface area contributed by atoms with Crippen molar-refractivity contribution in [2.24, 2.45) is 0 Å². The Balaban J connectivity index is 1.89. The minimum absolute atomic E-state index is 0.0573. The minimum Gasteiger partial charge on any atom is -0.488 e. The number of para-hydroxylation sites is 1. The van der Waals surface area contributed by atoms with Gasteiger partial charge in [0.25, 0.3) is 5.69 Å². The average molecular weight is 331 g/mol. The van der Waals surface area contributed by atoms with Crippen LogP contribution < -0.4 is 4.74 Å². The monoisotopic (exact) mass is 331 g/mol. The first-order chi connectivity index (χ1) is 12.2. The molecule has 0 fully saturated rings. The van der Waals surface area contributed by atoms with Crippen LogP contribution in [0.1, 0.15) is 11.1 Å². The van der Waals surface area contributed by atoms with Crippen LogP contribution in [0.3, 0.4) is 0 Å². The van der Waals surface area contributed by atoms with E-state index in [1.807, 2.05) is 48.5 Å². The molecule has 0 amide bonds. The van der Waals surface area contributed by atoms with Gasteiger partial charge in [-0.25, -0.2) is 0 Å². The Morgan fingerprint density at radius 3 is 2.40 bits per heavy atom. The Morgan fingerprint density at radius 2 is 1.68 bits per heavy atom. The third-order valence-corrected chi connectivity index (χ3v) is 3.91. The largest absolute Gasteiger partial charge is 0.488 e. The maximum absolute atomic E-state index is 11.1. The van der Waals surface area contributed by atoms with Crippen LogP contribution in [-0.2, 0) is 6.61 Å². The van der Waals surface area contributed by atoms with E-state index in [1.54, 1.807) is 24.3 Å². The molecule has 3 rings (SSSR count). The molecule has 3 aromatic rings. The molecule has 0 aromatic heterocycles. The first kappa shape index (κ1) is 16.5. The normalized spacial score (nSPS) is 10.2. The smallest absolute Gasteiger partial charge is 0.276 e. The van der Waals surface area contributed by atoms with Gasteiger partial charge in [0.1, 0.15) is 12.4 Å². The number of ether oxygens (including phenoxy) is 1. The standard InChI is InChI=1S/C21H17NO3/c1-2-16-12-13-18(17-8-4-3-5-9-17)14-21(16)25-15-19-10-6-7-11-20(19)22(23)24/h2-14H,1,15H2. The second kappa shape index (κ2) is 7.45. The molecule has 0 unspecified atom stereocenters. The molecule has 0 saturated heterocycles. The Labute approximate surface area is 146 Å². The summed E-state index contributed by atoms with van der Waals surface area (Å²) in [7, 11) is 0. The van der Waals surface area contributed by atoms with Gasteiger partial charge in [0.2, 0.25) is 0 Å². The first-order valence-corrected chi connectivity index (χ1v) is 7.86. The fourth-order valence-electron chi connectivity index (χ4n) is 2.60. The van der Waals surface area contributed by atoms with Gasteiger partial charge < -0.3 is 4.74 Å². The molecule has 0 spiro atoms. The van der Waals surface area contributed by atoms with Crippen LogP contribution >= 0.6 is 0 Å². The zero-order chi connectivity index (χ0) is 17.6. The van der Waals surface area contributed by atoms with Crippen LogP contribution in [-0.4, -0.2) is 4.92 Å². The second-order valence-corrected chi connectivity index (χ2v) is 5.50. The minimum atomic E-state index is -0.395. The number of rotatable bonds is 6. The van der Waals surface area contributed by atoms with Crippen molar-refractivity contribution in [1.29, 1.82) is 0 Å². The summed E-state index contributed by atoms with van der Waals surface area (Å²) >= 11 is 0. The lowest BCUT2D eigenvalue weighted by Gasteiger charge is -2.12. The highest BCUT2D eigenvalue weighted by Crippen LogP contribution is 2.29. The number of hydrogen-bond acceptors (Lipinski definition) is 3. The Morgan fingerprint density at radius 1 is 0.960 bits per heavy atom. The molecule has 0 aliphatic rings. The van der Waals surface area contributed by atoms with Gasteiger partial charge in [-0.15, -0.1) is 0 Å². The Hall–Kier alpha value is -3.40. The first-order valence-electron chi connectivity index (χ1n) is 7.86. The number of nitro benzene ring substituents is 1. The maximum atomic E-state index is 11.1. The van der Waals surface area contributed by atoms with Gasteiger partial charge in [0, 0.05) is 11.6 Å². The molecule has 0 heterocycles. The molecular formula is C21H17NO3. The summed E-state index contributed by atoms with van der Waals surface area (Å²) in [5, 5.41) is 11.1. The van der Waals surface area contributed by atoms with Gasteiger partial charge in [-0.05, 0) is 23.3 Å². The number of nitro groups is 1. The molecule has 0 saturated carbocycles. The fourth-order valence-corrected chi connectivity index (χ4v) is 2.60. The van der Waals surface area contributed by atoms with E-state index in [4.69, 9.17) is 4.74 Å². The fraction of sp³-hybridized carbons (Fsp3) is 0.0476. The number of hydrogen-bond donors (Lipinski definition) is 0. The van der Waals surface area contributed by atoms with Crippen LogP contribution in [0.15, 0.2) is 79.4 Å². The zero-order valence-electron chi connectivity index (χ0n) is 13.6. The highest BCUT2D eigenvalue weighted by molar-refractivity contribution is 5.69. The SMILES string of the molecule is C=Cc1ccc(-c2ccccc2)cc1OCc1ccccc1[N+](=O)[O-]. The summed E-state index contributed by atoms with van der Waals surface area (Å²) in [5.74, 6) is 0.648. The van der Waals surface area contributed by atoms with E-state index in [0.29, 0.717) is 11.3 Å². The van der Waals surface area contributed by atoms with E-state index < -0.39 is 4.92 Å². The summed E-state index contributed by atoms with van der Waals surface area (Å²) in [6.07, 6.45) is 1.71.